The lowest BCUT2D eigenvalue weighted by Gasteiger charge is -2.21. The first kappa shape index (κ1) is 18.5. The first-order valence-corrected chi connectivity index (χ1v) is 9.08. The summed E-state index contributed by atoms with van der Waals surface area (Å²) in [5, 5.41) is 0.345. The minimum absolute atomic E-state index is 0.0507. The van der Waals surface area contributed by atoms with Crippen molar-refractivity contribution in [3.63, 3.8) is 0 Å². The van der Waals surface area contributed by atoms with Crippen LogP contribution in [0, 0.1) is 5.92 Å². The maximum Gasteiger partial charge on any atom is 0.311 e. The average molecular weight is 353 g/mol. The zero-order chi connectivity index (χ0) is 17.5. The molecule has 2 rings (SSSR count). The van der Waals surface area contributed by atoms with E-state index in [1.54, 1.807) is 0 Å². The monoisotopic (exact) mass is 353 g/mol. The van der Waals surface area contributed by atoms with E-state index in [0.717, 1.165) is 19.5 Å². The molecule has 1 aliphatic rings. The number of aromatic nitrogens is 2. The van der Waals surface area contributed by atoms with Gasteiger partial charge in [0.1, 0.15) is 0 Å². The minimum atomic E-state index is -0.460. The zero-order valence-electron chi connectivity index (χ0n) is 14.0. The van der Waals surface area contributed by atoms with Crippen molar-refractivity contribution in [1.29, 1.82) is 0 Å². The van der Waals surface area contributed by atoms with Crippen LogP contribution in [0.3, 0.4) is 0 Å². The number of H-pyrrole nitrogens is 1. The Labute approximate surface area is 145 Å². The summed E-state index contributed by atoms with van der Waals surface area (Å²) in [7, 11) is 1.28. The lowest BCUT2D eigenvalue weighted by Crippen LogP contribution is -2.35. The molecule has 0 aromatic carbocycles. The summed E-state index contributed by atoms with van der Waals surface area (Å²) in [4.78, 5) is 44.0. The van der Waals surface area contributed by atoms with Crippen molar-refractivity contribution in [2.24, 2.45) is 5.92 Å². The van der Waals surface area contributed by atoms with E-state index in [9.17, 15) is 14.4 Å². The first-order chi connectivity index (χ1) is 11.5. The van der Waals surface area contributed by atoms with Gasteiger partial charge in [-0.1, -0.05) is 18.7 Å². The summed E-state index contributed by atoms with van der Waals surface area (Å²) >= 11 is 1.18. The third-order valence-electron chi connectivity index (χ3n) is 3.68. The molecule has 1 aromatic rings. The van der Waals surface area contributed by atoms with Crippen LogP contribution >= 0.6 is 11.8 Å². The van der Waals surface area contributed by atoms with Gasteiger partial charge in [-0.25, -0.2) is 4.98 Å². The lowest BCUT2D eigenvalue weighted by molar-refractivity contribution is -0.139. The Bertz CT molecular complexity index is 642. The van der Waals surface area contributed by atoms with Crippen LogP contribution in [0.15, 0.2) is 16.0 Å². The predicted molar refractivity (Wildman–Crippen MR) is 90.9 cm³/mol. The summed E-state index contributed by atoms with van der Waals surface area (Å²) in [6.45, 7) is 3.62. The van der Waals surface area contributed by atoms with Crippen LogP contribution in [0.2, 0.25) is 0 Å². The van der Waals surface area contributed by atoms with E-state index >= 15 is 0 Å². The van der Waals surface area contributed by atoms with Gasteiger partial charge in [-0.2, -0.15) is 0 Å². The van der Waals surface area contributed by atoms with E-state index < -0.39 is 5.97 Å². The molecule has 1 aliphatic carbocycles. The van der Waals surface area contributed by atoms with Gasteiger partial charge in [0, 0.05) is 19.2 Å². The Morgan fingerprint density at radius 1 is 1.46 bits per heavy atom. The van der Waals surface area contributed by atoms with E-state index in [-0.39, 0.29) is 23.6 Å². The van der Waals surface area contributed by atoms with Crippen molar-refractivity contribution in [2.45, 2.75) is 37.8 Å². The number of hydrogen-bond acceptors (Lipinski definition) is 6. The number of hydrogen-bond donors (Lipinski definition) is 1. The minimum Gasteiger partial charge on any atom is -0.469 e. The van der Waals surface area contributed by atoms with Crippen LogP contribution in [-0.2, 0) is 20.7 Å². The fourth-order valence-electron chi connectivity index (χ4n) is 2.28. The number of rotatable bonds is 9. The van der Waals surface area contributed by atoms with Crippen LogP contribution in [0.25, 0.3) is 0 Å². The van der Waals surface area contributed by atoms with Crippen LogP contribution in [0.4, 0.5) is 0 Å². The molecule has 0 radical (unpaired) electrons. The largest absolute Gasteiger partial charge is 0.469 e. The SMILES string of the molecule is CCCN(CC1CC1)C(=O)CSc1nc(CC(=O)OC)cc(=O)[nH]1. The number of esters is 1. The van der Waals surface area contributed by atoms with Crippen molar-refractivity contribution in [3.8, 4) is 0 Å². The molecule has 7 nitrogen and oxygen atoms in total. The third kappa shape index (κ3) is 5.99. The fraction of sp³-hybridized carbons (Fsp3) is 0.625. The second-order valence-corrected chi connectivity index (χ2v) is 6.83. The van der Waals surface area contributed by atoms with E-state index in [2.05, 4.69) is 21.6 Å². The topological polar surface area (TPSA) is 92.4 Å². The lowest BCUT2D eigenvalue weighted by atomic mass is 10.3. The molecule has 24 heavy (non-hydrogen) atoms. The first-order valence-electron chi connectivity index (χ1n) is 8.09. The van der Waals surface area contributed by atoms with Crippen molar-refractivity contribution in [3.05, 3.63) is 22.1 Å². The summed E-state index contributed by atoms with van der Waals surface area (Å²) < 4.78 is 4.57. The summed E-state index contributed by atoms with van der Waals surface area (Å²) in [6, 6.07) is 1.26. The van der Waals surface area contributed by atoms with Crippen LogP contribution in [0.5, 0.6) is 0 Å². The number of methoxy groups -OCH3 is 1. The number of amides is 1. The van der Waals surface area contributed by atoms with Crippen molar-refractivity contribution in [1.82, 2.24) is 14.9 Å². The van der Waals surface area contributed by atoms with Gasteiger partial charge < -0.3 is 14.6 Å². The highest BCUT2D eigenvalue weighted by Gasteiger charge is 2.26. The summed E-state index contributed by atoms with van der Waals surface area (Å²) in [5.74, 6) is 0.456. The second kappa shape index (κ2) is 8.86. The van der Waals surface area contributed by atoms with Crippen LogP contribution in [-0.4, -0.2) is 52.7 Å². The summed E-state index contributed by atoms with van der Waals surface area (Å²) in [5.41, 5.74) is -0.00816. The van der Waals surface area contributed by atoms with E-state index in [1.807, 2.05) is 4.90 Å². The Morgan fingerprint density at radius 2 is 2.21 bits per heavy atom. The van der Waals surface area contributed by atoms with Gasteiger partial charge in [0.25, 0.3) is 5.56 Å². The standard InChI is InChI=1S/C16H23N3O4S/c1-3-6-19(9-11-4-5-11)14(21)10-24-16-17-12(7-13(20)18-16)8-15(22)23-2/h7,11H,3-6,8-10H2,1-2H3,(H,17,18,20). The molecule has 0 bridgehead atoms. The number of nitrogens with zero attached hydrogens (tertiary/aromatic N) is 2. The number of thioether (sulfide) groups is 1. The molecule has 0 spiro atoms. The highest BCUT2D eigenvalue weighted by Crippen LogP contribution is 2.30. The molecule has 0 saturated heterocycles. The van der Waals surface area contributed by atoms with Gasteiger partial charge in [0.2, 0.25) is 5.91 Å². The van der Waals surface area contributed by atoms with Gasteiger partial charge in [0.05, 0.1) is 25.0 Å². The normalized spacial score (nSPS) is 13.6. The molecule has 1 amide bonds. The van der Waals surface area contributed by atoms with Crippen LogP contribution in [0.1, 0.15) is 31.9 Å². The Hall–Kier alpha value is -1.83. The molecule has 0 unspecified atom stereocenters. The quantitative estimate of drug-likeness (QED) is 0.408. The number of ether oxygens (including phenoxy) is 1. The highest BCUT2D eigenvalue weighted by molar-refractivity contribution is 7.99. The molecule has 1 aromatic heterocycles. The molecule has 0 aliphatic heterocycles. The molecule has 0 atom stereocenters. The Balaban J connectivity index is 1.95. The molecule has 8 heteroatoms. The van der Waals surface area contributed by atoms with Gasteiger partial charge in [0.15, 0.2) is 5.16 Å². The molecular formula is C16H23N3O4S. The molecule has 132 valence electrons. The smallest absolute Gasteiger partial charge is 0.311 e. The fourth-order valence-corrected chi connectivity index (χ4v) is 3.08. The van der Waals surface area contributed by atoms with Gasteiger partial charge in [-0.15, -0.1) is 0 Å². The summed E-state index contributed by atoms with van der Waals surface area (Å²) in [6.07, 6.45) is 3.26. The Kier molecular flexibility index (Phi) is 6.84. The van der Waals surface area contributed by atoms with Gasteiger partial charge >= 0.3 is 5.97 Å². The zero-order valence-corrected chi connectivity index (χ0v) is 14.9. The maximum absolute atomic E-state index is 12.4. The number of nitrogens with one attached hydrogen (secondary N) is 1. The third-order valence-corrected chi connectivity index (χ3v) is 4.54. The molecule has 1 saturated carbocycles. The highest BCUT2D eigenvalue weighted by atomic mass is 32.2. The number of aromatic amines is 1. The molecule has 1 N–H and O–H groups in total. The van der Waals surface area contributed by atoms with Crippen LogP contribution < -0.4 is 5.56 Å². The molecule has 1 heterocycles. The average Bonchev–Trinajstić information content (AvgIpc) is 3.35. The van der Waals surface area contributed by atoms with Crippen molar-refractivity contribution in [2.75, 3.05) is 26.0 Å². The number of carbonyl (C=O) groups excluding carboxylic acids is 2. The molecular weight excluding hydrogens is 330 g/mol. The van der Waals surface area contributed by atoms with E-state index in [1.165, 1.54) is 37.8 Å². The second-order valence-electron chi connectivity index (χ2n) is 5.87. The van der Waals surface area contributed by atoms with E-state index in [4.69, 9.17) is 0 Å². The predicted octanol–water partition coefficient (Wildman–Crippen LogP) is 1.23. The molecule has 1 fully saturated rings. The van der Waals surface area contributed by atoms with Crippen molar-refractivity contribution < 1.29 is 14.3 Å². The number of carbonyl (C=O) groups is 2. The maximum atomic E-state index is 12.4. The van der Waals surface area contributed by atoms with E-state index in [0.29, 0.717) is 16.8 Å². The Morgan fingerprint density at radius 3 is 2.83 bits per heavy atom. The van der Waals surface area contributed by atoms with Gasteiger partial charge in [-0.3, -0.25) is 14.4 Å². The van der Waals surface area contributed by atoms with Gasteiger partial charge in [-0.05, 0) is 25.2 Å². The van der Waals surface area contributed by atoms with Crippen molar-refractivity contribution >= 4 is 23.6 Å².